The van der Waals surface area contributed by atoms with Crippen molar-refractivity contribution in [2.45, 2.75) is 31.8 Å². The standard InChI is InChI=1S/C17H21NO2/c1-11(18-15-9-13-3-2-4-14(13)15)12-5-6-16-17(10-12)20-8-7-19-16/h2,4-6,10-11,13-15,18H,3,7-9H2,1H3/t11-,13-,14+,15+/m1/s1. The van der Waals surface area contributed by atoms with Crippen LogP contribution in [0.25, 0.3) is 0 Å². The summed E-state index contributed by atoms with van der Waals surface area (Å²) in [4.78, 5) is 0. The summed E-state index contributed by atoms with van der Waals surface area (Å²) in [5, 5.41) is 3.76. The third-order valence-electron chi connectivity index (χ3n) is 4.89. The van der Waals surface area contributed by atoms with Crippen LogP contribution in [-0.4, -0.2) is 19.3 Å². The van der Waals surface area contributed by atoms with Crippen LogP contribution in [0.1, 0.15) is 31.4 Å². The Morgan fingerprint density at radius 1 is 1.20 bits per heavy atom. The summed E-state index contributed by atoms with van der Waals surface area (Å²) in [5.41, 5.74) is 1.28. The van der Waals surface area contributed by atoms with Crippen molar-refractivity contribution in [3.63, 3.8) is 0 Å². The second-order valence-corrected chi connectivity index (χ2v) is 6.13. The maximum Gasteiger partial charge on any atom is 0.161 e. The Kier molecular flexibility index (Phi) is 2.95. The van der Waals surface area contributed by atoms with Crippen LogP contribution in [0.4, 0.5) is 0 Å². The van der Waals surface area contributed by atoms with E-state index in [0.717, 1.165) is 23.3 Å². The lowest BCUT2D eigenvalue weighted by Crippen LogP contribution is -2.48. The average molecular weight is 271 g/mol. The molecular weight excluding hydrogens is 250 g/mol. The fourth-order valence-corrected chi connectivity index (χ4v) is 3.65. The number of rotatable bonds is 3. The topological polar surface area (TPSA) is 30.5 Å². The lowest BCUT2D eigenvalue weighted by molar-refractivity contribution is 0.152. The molecule has 1 aromatic rings. The predicted octanol–water partition coefficient (Wildman–Crippen LogP) is 3.07. The third-order valence-corrected chi connectivity index (χ3v) is 4.89. The number of hydrogen-bond donors (Lipinski definition) is 1. The van der Waals surface area contributed by atoms with Gasteiger partial charge in [-0.05, 0) is 49.3 Å². The minimum Gasteiger partial charge on any atom is -0.486 e. The van der Waals surface area contributed by atoms with E-state index in [1.165, 1.54) is 18.4 Å². The summed E-state index contributed by atoms with van der Waals surface area (Å²) < 4.78 is 11.2. The van der Waals surface area contributed by atoms with Gasteiger partial charge in [0, 0.05) is 12.1 Å². The highest BCUT2D eigenvalue weighted by atomic mass is 16.6. The van der Waals surface area contributed by atoms with Crippen LogP contribution in [0.2, 0.25) is 0 Å². The van der Waals surface area contributed by atoms with E-state index in [-0.39, 0.29) is 0 Å². The fourth-order valence-electron chi connectivity index (χ4n) is 3.65. The van der Waals surface area contributed by atoms with E-state index < -0.39 is 0 Å². The third kappa shape index (κ3) is 2.01. The molecule has 3 aliphatic rings. The minimum absolute atomic E-state index is 0.353. The molecule has 3 nitrogen and oxygen atoms in total. The van der Waals surface area contributed by atoms with E-state index in [1.807, 2.05) is 6.07 Å². The van der Waals surface area contributed by atoms with E-state index in [4.69, 9.17) is 9.47 Å². The first-order valence-electron chi connectivity index (χ1n) is 7.63. The lowest BCUT2D eigenvalue weighted by atomic mass is 9.71. The molecule has 0 spiro atoms. The zero-order valence-corrected chi connectivity index (χ0v) is 11.8. The highest BCUT2D eigenvalue weighted by Gasteiger charge is 2.41. The molecule has 1 aliphatic heterocycles. The Hall–Kier alpha value is -1.48. The lowest BCUT2D eigenvalue weighted by Gasteiger charge is -2.42. The van der Waals surface area contributed by atoms with Gasteiger partial charge in [0.25, 0.3) is 0 Å². The predicted molar refractivity (Wildman–Crippen MR) is 78.1 cm³/mol. The molecule has 1 N–H and O–H groups in total. The Balaban J connectivity index is 1.45. The van der Waals surface area contributed by atoms with Gasteiger partial charge in [-0.3, -0.25) is 0 Å². The summed E-state index contributed by atoms with van der Waals surface area (Å²) in [7, 11) is 0. The average Bonchev–Trinajstić information content (AvgIpc) is 2.85. The molecule has 106 valence electrons. The van der Waals surface area contributed by atoms with Gasteiger partial charge >= 0.3 is 0 Å². The van der Waals surface area contributed by atoms with Crippen molar-refractivity contribution in [3.8, 4) is 11.5 Å². The van der Waals surface area contributed by atoms with Gasteiger partial charge in [0.1, 0.15) is 13.2 Å². The van der Waals surface area contributed by atoms with Gasteiger partial charge in [0.15, 0.2) is 11.5 Å². The number of fused-ring (bicyclic) bond motifs is 2. The smallest absolute Gasteiger partial charge is 0.161 e. The molecule has 4 rings (SSSR count). The van der Waals surface area contributed by atoms with E-state index in [1.54, 1.807) is 0 Å². The summed E-state index contributed by atoms with van der Waals surface area (Å²) in [6.45, 7) is 3.53. The van der Waals surface area contributed by atoms with Crippen molar-refractivity contribution >= 4 is 0 Å². The molecular formula is C17H21NO2. The van der Waals surface area contributed by atoms with Gasteiger partial charge in [-0.1, -0.05) is 18.2 Å². The maximum atomic E-state index is 5.66. The molecule has 0 aromatic heterocycles. The van der Waals surface area contributed by atoms with Crippen molar-refractivity contribution in [2.24, 2.45) is 11.8 Å². The first kappa shape index (κ1) is 12.3. The number of allylic oxidation sites excluding steroid dienone is 1. The highest BCUT2D eigenvalue weighted by molar-refractivity contribution is 5.44. The van der Waals surface area contributed by atoms with Crippen LogP contribution < -0.4 is 14.8 Å². The highest BCUT2D eigenvalue weighted by Crippen LogP contribution is 2.43. The van der Waals surface area contributed by atoms with Gasteiger partial charge in [0.2, 0.25) is 0 Å². The molecule has 3 heteroatoms. The molecule has 1 aromatic carbocycles. The zero-order chi connectivity index (χ0) is 13.5. The molecule has 0 amide bonds. The minimum atomic E-state index is 0.353. The summed E-state index contributed by atoms with van der Waals surface area (Å²) in [5.74, 6) is 3.42. The Morgan fingerprint density at radius 3 is 2.90 bits per heavy atom. The zero-order valence-electron chi connectivity index (χ0n) is 11.8. The van der Waals surface area contributed by atoms with E-state index in [9.17, 15) is 0 Å². The molecule has 1 heterocycles. The number of nitrogens with one attached hydrogen (secondary N) is 1. The molecule has 20 heavy (non-hydrogen) atoms. The summed E-state index contributed by atoms with van der Waals surface area (Å²) in [6.07, 6.45) is 7.32. The van der Waals surface area contributed by atoms with E-state index in [0.29, 0.717) is 25.3 Å². The molecule has 0 saturated heterocycles. The molecule has 1 fully saturated rings. The SMILES string of the molecule is C[C@@H](N[C@H]1C[C@H]2CC=C[C@@H]21)c1ccc2c(c1)OCCO2. The Bertz CT molecular complexity index is 540. The van der Waals surface area contributed by atoms with Gasteiger partial charge < -0.3 is 14.8 Å². The van der Waals surface area contributed by atoms with Gasteiger partial charge in [-0.15, -0.1) is 0 Å². The number of hydrogen-bond acceptors (Lipinski definition) is 3. The van der Waals surface area contributed by atoms with Crippen molar-refractivity contribution in [3.05, 3.63) is 35.9 Å². The second-order valence-electron chi connectivity index (χ2n) is 6.13. The van der Waals surface area contributed by atoms with Crippen molar-refractivity contribution in [1.29, 1.82) is 0 Å². The molecule has 0 unspecified atom stereocenters. The molecule has 4 atom stereocenters. The van der Waals surface area contributed by atoms with Crippen LogP contribution in [0, 0.1) is 11.8 Å². The quantitative estimate of drug-likeness (QED) is 0.857. The van der Waals surface area contributed by atoms with Crippen LogP contribution in [-0.2, 0) is 0 Å². The second kappa shape index (κ2) is 4.81. The van der Waals surface area contributed by atoms with Crippen molar-refractivity contribution < 1.29 is 9.47 Å². The van der Waals surface area contributed by atoms with Crippen LogP contribution in [0.5, 0.6) is 11.5 Å². The van der Waals surface area contributed by atoms with Gasteiger partial charge in [0.05, 0.1) is 0 Å². The Labute approximate surface area is 120 Å². The summed E-state index contributed by atoms with van der Waals surface area (Å²) in [6, 6.07) is 7.28. The number of benzene rings is 1. The normalized spacial score (nSPS) is 31.6. The van der Waals surface area contributed by atoms with Gasteiger partial charge in [-0.25, -0.2) is 0 Å². The van der Waals surface area contributed by atoms with Crippen molar-refractivity contribution in [2.75, 3.05) is 13.2 Å². The molecule has 0 bridgehead atoms. The van der Waals surface area contributed by atoms with Crippen LogP contribution >= 0.6 is 0 Å². The first-order chi connectivity index (χ1) is 9.81. The van der Waals surface area contributed by atoms with Gasteiger partial charge in [-0.2, -0.15) is 0 Å². The maximum absolute atomic E-state index is 5.66. The first-order valence-corrected chi connectivity index (χ1v) is 7.63. The molecule has 0 radical (unpaired) electrons. The molecule has 2 aliphatic carbocycles. The van der Waals surface area contributed by atoms with Crippen LogP contribution in [0.3, 0.4) is 0 Å². The largest absolute Gasteiger partial charge is 0.486 e. The van der Waals surface area contributed by atoms with Crippen molar-refractivity contribution in [1.82, 2.24) is 5.32 Å². The molecule has 1 saturated carbocycles. The van der Waals surface area contributed by atoms with Crippen LogP contribution in [0.15, 0.2) is 30.4 Å². The summed E-state index contributed by atoms with van der Waals surface area (Å²) >= 11 is 0. The Morgan fingerprint density at radius 2 is 2.05 bits per heavy atom. The van der Waals surface area contributed by atoms with E-state index in [2.05, 4.69) is 36.5 Å². The number of ether oxygens (including phenoxy) is 2. The fraction of sp³-hybridized carbons (Fsp3) is 0.529. The monoisotopic (exact) mass is 271 g/mol. The van der Waals surface area contributed by atoms with E-state index >= 15 is 0 Å².